The van der Waals surface area contributed by atoms with Gasteiger partial charge in [-0.2, -0.15) is 0 Å². The Morgan fingerprint density at radius 3 is 2.67 bits per heavy atom. The van der Waals surface area contributed by atoms with Gasteiger partial charge in [-0.1, -0.05) is 30.3 Å². The van der Waals surface area contributed by atoms with Crippen LogP contribution in [0.1, 0.15) is 0 Å². The van der Waals surface area contributed by atoms with E-state index in [9.17, 15) is 4.79 Å². The van der Waals surface area contributed by atoms with Crippen molar-refractivity contribution in [2.24, 2.45) is 0 Å². The zero-order chi connectivity index (χ0) is 14.2. The van der Waals surface area contributed by atoms with Gasteiger partial charge in [0.15, 0.2) is 11.3 Å². The summed E-state index contributed by atoms with van der Waals surface area (Å²) in [4.78, 5) is 14.6. The fourth-order valence-corrected chi connectivity index (χ4v) is 2.86. The van der Waals surface area contributed by atoms with Crippen molar-refractivity contribution >= 4 is 27.6 Å². The number of benzene rings is 2. The summed E-state index contributed by atoms with van der Waals surface area (Å²) in [6, 6.07) is 13.3. The first-order chi connectivity index (χ1) is 10.3. The van der Waals surface area contributed by atoms with Crippen LogP contribution in [0, 0.1) is 0 Å². The summed E-state index contributed by atoms with van der Waals surface area (Å²) in [6.45, 7) is 2.84. The Kier molecular flexibility index (Phi) is 2.89. The number of fused-ring (bicyclic) bond motifs is 3. The molecule has 21 heavy (non-hydrogen) atoms. The molecule has 1 saturated heterocycles. The predicted molar refractivity (Wildman–Crippen MR) is 83.0 cm³/mol. The first kappa shape index (κ1) is 12.4. The van der Waals surface area contributed by atoms with Crippen LogP contribution in [-0.2, 0) is 4.74 Å². The Hall–Kier alpha value is -2.33. The Balaban J connectivity index is 1.94. The van der Waals surface area contributed by atoms with Crippen molar-refractivity contribution in [1.29, 1.82) is 0 Å². The van der Waals surface area contributed by atoms with Crippen molar-refractivity contribution in [1.82, 2.24) is 0 Å². The highest BCUT2D eigenvalue weighted by atomic mass is 16.5. The molecule has 0 atom stereocenters. The third kappa shape index (κ3) is 2.08. The third-order valence-corrected chi connectivity index (χ3v) is 3.93. The van der Waals surface area contributed by atoms with E-state index >= 15 is 0 Å². The molecule has 4 rings (SSSR count). The van der Waals surface area contributed by atoms with Crippen LogP contribution in [0.25, 0.3) is 21.7 Å². The zero-order valence-electron chi connectivity index (χ0n) is 11.5. The van der Waals surface area contributed by atoms with Crippen LogP contribution in [-0.4, -0.2) is 26.3 Å². The SMILES string of the molecule is O=c1cc(N2CCOCC2)oc2ccc3ccccc3c12. The summed E-state index contributed by atoms with van der Waals surface area (Å²) in [7, 11) is 0. The number of ether oxygens (including phenoxy) is 1. The van der Waals surface area contributed by atoms with E-state index in [-0.39, 0.29) is 5.43 Å². The van der Waals surface area contributed by atoms with Crippen LogP contribution in [0.4, 0.5) is 5.88 Å². The van der Waals surface area contributed by atoms with E-state index in [4.69, 9.17) is 9.15 Å². The molecular formula is C17H15NO3. The lowest BCUT2D eigenvalue weighted by Gasteiger charge is -2.27. The van der Waals surface area contributed by atoms with Gasteiger partial charge in [-0.25, -0.2) is 0 Å². The molecule has 0 spiro atoms. The smallest absolute Gasteiger partial charge is 0.200 e. The molecule has 1 fully saturated rings. The molecule has 1 aliphatic heterocycles. The van der Waals surface area contributed by atoms with E-state index in [2.05, 4.69) is 4.90 Å². The lowest BCUT2D eigenvalue weighted by Crippen LogP contribution is -2.36. The monoisotopic (exact) mass is 281 g/mol. The Morgan fingerprint density at radius 1 is 1.00 bits per heavy atom. The molecule has 0 saturated carbocycles. The van der Waals surface area contributed by atoms with Crippen molar-refractivity contribution in [3.05, 3.63) is 52.7 Å². The number of hydrogen-bond acceptors (Lipinski definition) is 4. The minimum atomic E-state index is 0.00884. The largest absolute Gasteiger partial charge is 0.440 e. The van der Waals surface area contributed by atoms with Gasteiger partial charge in [0, 0.05) is 19.2 Å². The maximum atomic E-state index is 12.5. The van der Waals surface area contributed by atoms with E-state index in [1.54, 1.807) is 6.07 Å². The van der Waals surface area contributed by atoms with Crippen LogP contribution < -0.4 is 10.3 Å². The maximum absolute atomic E-state index is 12.5. The Morgan fingerprint density at radius 2 is 1.81 bits per heavy atom. The van der Waals surface area contributed by atoms with Crippen LogP contribution in [0.15, 0.2) is 51.7 Å². The fraction of sp³-hybridized carbons (Fsp3) is 0.235. The van der Waals surface area contributed by atoms with Crippen LogP contribution in [0.5, 0.6) is 0 Å². The van der Waals surface area contributed by atoms with Gasteiger partial charge in [0.1, 0.15) is 5.58 Å². The maximum Gasteiger partial charge on any atom is 0.200 e. The van der Waals surface area contributed by atoms with Gasteiger partial charge in [0.2, 0.25) is 0 Å². The number of anilines is 1. The standard InChI is InChI=1S/C17H15NO3/c19-14-11-16(18-7-9-20-10-8-18)21-15-6-5-12-3-1-2-4-13(12)17(14)15/h1-6,11H,7-10H2. The van der Waals surface area contributed by atoms with E-state index in [0.29, 0.717) is 30.1 Å². The molecule has 2 heterocycles. The average Bonchev–Trinajstić information content (AvgIpc) is 2.55. The molecule has 2 aromatic carbocycles. The molecule has 0 bridgehead atoms. The molecule has 1 aromatic heterocycles. The number of morpholine rings is 1. The molecule has 0 aliphatic carbocycles. The zero-order valence-corrected chi connectivity index (χ0v) is 11.5. The normalized spacial score (nSPS) is 15.7. The van der Waals surface area contributed by atoms with Crippen LogP contribution in [0.2, 0.25) is 0 Å². The van der Waals surface area contributed by atoms with Crippen molar-refractivity contribution in [2.75, 3.05) is 31.2 Å². The molecule has 0 radical (unpaired) electrons. The molecule has 1 aliphatic rings. The highest BCUT2D eigenvalue weighted by molar-refractivity contribution is 6.05. The quantitative estimate of drug-likeness (QED) is 0.643. The summed E-state index contributed by atoms with van der Waals surface area (Å²) in [5.41, 5.74) is 0.650. The van der Waals surface area contributed by atoms with E-state index in [1.807, 2.05) is 36.4 Å². The minimum absolute atomic E-state index is 0.00884. The lowest BCUT2D eigenvalue weighted by molar-refractivity contribution is 0.121. The van der Waals surface area contributed by atoms with Gasteiger partial charge in [-0.3, -0.25) is 4.79 Å². The molecule has 0 amide bonds. The second-order valence-corrected chi connectivity index (χ2v) is 5.21. The molecule has 3 aromatic rings. The highest BCUT2D eigenvalue weighted by Crippen LogP contribution is 2.26. The topological polar surface area (TPSA) is 42.7 Å². The summed E-state index contributed by atoms with van der Waals surface area (Å²) in [5.74, 6) is 0.631. The Labute approximate surface area is 121 Å². The second-order valence-electron chi connectivity index (χ2n) is 5.21. The first-order valence-corrected chi connectivity index (χ1v) is 7.11. The highest BCUT2D eigenvalue weighted by Gasteiger charge is 2.16. The number of rotatable bonds is 1. The summed E-state index contributed by atoms with van der Waals surface area (Å²) in [6.07, 6.45) is 0. The van der Waals surface area contributed by atoms with Gasteiger partial charge >= 0.3 is 0 Å². The van der Waals surface area contributed by atoms with Crippen molar-refractivity contribution in [3.63, 3.8) is 0 Å². The first-order valence-electron chi connectivity index (χ1n) is 7.11. The molecule has 0 unspecified atom stereocenters. The van der Waals surface area contributed by atoms with E-state index in [0.717, 1.165) is 23.9 Å². The minimum Gasteiger partial charge on any atom is -0.440 e. The van der Waals surface area contributed by atoms with Crippen molar-refractivity contribution in [2.45, 2.75) is 0 Å². The number of nitrogens with zero attached hydrogens (tertiary/aromatic N) is 1. The van der Waals surface area contributed by atoms with E-state index in [1.165, 1.54) is 0 Å². The third-order valence-electron chi connectivity index (χ3n) is 3.93. The second kappa shape index (κ2) is 4.90. The summed E-state index contributed by atoms with van der Waals surface area (Å²) < 4.78 is 11.3. The van der Waals surface area contributed by atoms with Crippen molar-refractivity contribution < 1.29 is 9.15 Å². The molecule has 106 valence electrons. The Bertz CT molecular complexity index is 863. The average molecular weight is 281 g/mol. The van der Waals surface area contributed by atoms with Gasteiger partial charge in [-0.15, -0.1) is 0 Å². The van der Waals surface area contributed by atoms with Crippen LogP contribution >= 0.6 is 0 Å². The van der Waals surface area contributed by atoms with E-state index < -0.39 is 0 Å². The van der Waals surface area contributed by atoms with Gasteiger partial charge in [-0.05, 0) is 16.8 Å². The fourth-order valence-electron chi connectivity index (χ4n) is 2.86. The molecular weight excluding hydrogens is 266 g/mol. The van der Waals surface area contributed by atoms with Gasteiger partial charge in [0.05, 0.1) is 18.6 Å². The molecule has 0 N–H and O–H groups in total. The predicted octanol–water partition coefficient (Wildman–Crippen LogP) is 2.78. The van der Waals surface area contributed by atoms with Crippen molar-refractivity contribution in [3.8, 4) is 0 Å². The molecule has 4 heteroatoms. The van der Waals surface area contributed by atoms with Gasteiger partial charge < -0.3 is 14.1 Å². The van der Waals surface area contributed by atoms with Gasteiger partial charge in [0.25, 0.3) is 0 Å². The lowest BCUT2D eigenvalue weighted by atomic mass is 10.1. The summed E-state index contributed by atoms with van der Waals surface area (Å²) >= 11 is 0. The summed E-state index contributed by atoms with van der Waals surface area (Å²) in [5, 5.41) is 2.65. The molecule has 4 nitrogen and oxygen atoms in total. The number of hydrogen-bond donors (Lipinski definition) is 0. The van der Waals surface area contributed by atoms with Crippen LogP contribution in [0.3, 0.4) is 0 Å².